The highest BCUT2D eigenvalue weighted by Crippen LogP contribution is 2.28. The smallest absolute Gasteiger partial charge is 0.311 e. The SMILES string of the molecule is CC(C)N(C)CCc1c[nH]c2c(OC(=O)CCC(=O)O)cccc12. The highest BCUT2D eigenvalue weighted by molar-refractivity contribution is 5.90. The van der Waals surface area contributed by atoms with Crippen molar-refractivity contribution in [2.45, 2.75) is 39.2 Å². The highest BCUT2D eigenvalue weighted by Gasteiger charge is 2.13. The van der Waals surface area contributed by atoms with Crippen molar-refractivity contribution in [3.63, 3.8) is 0 Å². The molecular formula is C18H24N2O4. The minimum atomic E-state index is -1.01. The molecule has 6 heteroatoms. The van der Waals surface area contributed by atoms with Crippen molar-refractivity contribution < 1.29 is 19.4 Å². The van der Waals surface area contributed by atoms with Crippen LogP contribution in [0.15, 0.2) is 24.4 Å². The standard InChI is InChI=1S/C18H24N2O4/c1-12(2)20(3)10-9-13-11-19-18-14(13)5-4-6-15(18)24-17(23)8-7-16(21)22/h4-6,11-12,19H,7-10H2,1-3H3,(H,21,22). The van der Waals surface area contributed by atoms with Gasteiger partial charge in [-0.2, -0.15) is 0 Å². The maximum absolute atomic E-state index is 11.8. The summed E-state index contributed by atoms with van der Waals surface area (Å²) in [5.41, 5.74) is 1.93. The summed E-state index contributed by atoms with van der Waals surface area (Å²) in [6.45, 7) is 5.25. The molecule has 2 rings (SSSR count). The van der Waals surface area contributed by atoms with Crippen LogP contribution < -0.4 is 4.74 Å². The molecule has 0 spiro atoms. The average molecular weight is 332 g/mol. The van der Waals surface area contributed by atoms with Crippen LogP contribution in [0.25, 0.3) is 10.9 Å². The number of carboxylic acids is 1. The zero-order chi connectivity index (χ0) is 17.7. The number of hydrogen-bond donors (Lipinski definition) is 2. The Morgan fingerprint density at radius 1 is 1.29 bits per heavy atom. The lowest BCUT2D eigenvalue weighted by Crippen LogP contribution is -2.28. The molecule has 0 bridgehead atoms. The number of aromatic amines is 1. The third kappa shape index (κ3) is 4.58. The molecule has 2 aromatic rings. The summed E-state index contributed by atoms with van der Waals surface area (Å²) in [5, 5.41) is 9.65. The first-order valence-electron chi connectivity index (χ1n) is 8.10. The van der Waals surface area contributed by atoms with E-state index in [1.807, 2.05) is 18.3 Å². The van der Waals surface area contributed by atoms with Gasteiger partial charge in [0.25, 0.3) is 0 Å². The van der Waals surface area contributed by atoms with Gasteiger partial charge in [0.15, 0.2) is 5.75 Å². The molecule has 130 valence electrons. The summed E-state index contributed by atoms with van der Waals surface area (Å²) in [6.07, 6.45) is 2.46. The van der Waals surface area contributed by atoms with E-state index in [0.29, 0.717) is 11.8 Å². The molecule has 24 heavy (non-hydrogen) atoms. The molecule has 1 aromatic heterocycles. The van der Waals surface area contributed by atoms with Gasteiger partial charge in [-0.05, 0) is 38.9 Å². The van der Waals surface area contributed by atoms with E-state index in [2.05, 4.69) is 30.8 Å². The van der Waals surface area contributed by atoms with Crippen molar-refractivity contribution in [2.75, 3.05) is 13.6 Å². The number of ether oxygens (including phenoxy) is 1. The Labute approximate surface area is 141 Å². The van der Waals surface area contributed by atoms with Crippen molar-refractivity contribution in [1.82, 2.24) is 9.88 Å². The second-order valence-corrected chi connectivity index (χ2v) is 6.18. The Morgan fingerprint density at radius 3 is 2.71 bits per heavy atom. The molecule has 0 aliphatic rings. The van der Waals surface area contributed by atoms with Crippen LogP contribution in [0.2, 0.25) is 0 Å². The number of carbonyl (C=O) groups excluding carboxylic acids is 1. The summed E-state index contributed by atoms with van der Waals surface area (Å²) >= 11 is 0. The molecule has 1 heterocycles. The van der Waals surface area contributed by atoms with Crippen molar-refractivity contribution in [3.05, 3.63) is 30.0 Å². The van der Waals surface area contributed by atoms with E-state index in [-0.39, 0.29) is 12.8 Å². The third-order valence-corrected chi connectivity index (χ3v) is 4.15. The van der Waals surface area contributed by atoms with Crippen LogP contribution in [0.4, 0.5) is 0 Å². The van der Waals surface area contributed by atoms with Gasteiger partial charge in [0.1, 0.15) is 0 Å². The molecule has 0 saturated carbocycles. The number of likely N-dealkylation sites (N-methyl/N-ethyl adjacent to an activating group) is 1. The Balaban J connectivity index is 2.10. The van der Waals surface area contributed by atoms with Crippen LogP contribution in [-0.2, 0) is 16.0 Å². The number of carbonyl (C=O) groups is 2. The van der Waals surface area contributed by atoms with E-state index < -0.39 is 11.9 Å². The van der Waals surface area contributed by atoms with Crippen molar-refractivity contribution in [3.8, 4) is 5.75 Å². The Hall–Kier alpha value is -2.34. The molecule has 0 aliphatic heterocycles. The molecule has 0 aliphatic carbocycles. The second-order valence-electron chi connectivity index (χ2n) is 6.18. The Bertz CT molecular complexity index is 721. The van der Waals surface area contributed by atoms with Crippen LogP contribution in [0, 0.1) is 0 Å². The average Bonchev–Trinajstić information content (AvgIpc) is 2.94. The fraction of sp³-hybridized carbons (Fsp3) is 0.444. The van der Waals surface area contributed by atoms with Crippen LogP contribution in [0.3, 0.4) is 0 Å². The zero-order valence-electron chi connectivity index (χ0n) is 14.3. The van der Waals surface area contributed by atoms with Gasteiger partial charge in [-0.15, -0.1) is 0 Å². The van der Waals surface area contributed by atoms with Crippen LogP contribution >= 0.6 is 0 Å². The molecule has 2 N–H and O–H groups in total. The number of fused-ring (bicyclic) bond motifs is 1. The third-order valence-electron chi connectivity index (χ3n) is 4.15. The Kier molecular flexibility index (Phi) is 5.98. The molecule has 6 nitrogen and oxygen atoms in total. The quantitative estimate of drug-likeness (QED) is 0.574. The second kappa shape index (κ2) is 7.97. The van der Waals surface area contributed by atoms with Gasteiger partial charge in [-0.25, -0.2) is 0 Å². The normalized spacial score (nSPS) is 11.4. The van der Waals surface area contributed by atoms with Gasteiger partial charge in [0.2, 0.25) is 0 Å². The zero-order valence-corrected chi connectivity index (χ0v) is 14.3. The van der Waals surface area contributed by atoms with Gasteiger partial charge >= 0.3 is 11.9 Å². The number of hydrogen-bond acceptors (Lipinski definition) is 4. The largest absolute Gasteiger partial charge is 0.481 e. The van der Waals surface area contributed by atoms with Crippen molar-refractivity contribution >= 4 is 22.8 Å². The van der Waals surface area contributed by atoms with E-state index in [1.165, 1.54) is 5.56 Å². The number of aliphatic carboxylic acids is 1. The predicted molar refractivity (Wildman–Crippen MR) is 92.3 cm³/mol. The van der Waals surface area contributed by atoms with E-state index in [0.717, 1.165) is 23.9 Å². The fourth-order valence-electron chi connectivity index (χ4n) is 2.41. The summed E-state index contributed by atoms with van der Waals surface area (Å²) < 4.78 is 5.31. The number of esters is 1. The molecular weight excluding hydrogens is 308 g/mol. The first-order valence-corrected chi connectivity index (χ1v) is 8.10. The first-order chi connectivity index (χ1) is 11.4. The van der Waals surface area contributed by atoms with E-state index in [9.17, 15) is 9.59 Å². The number of para-hydroxylation sites is 1. The van der Waals surface area contributed by atoms with Gasteiger partial charge in [0.05, 0.1) is 18.4 Å². The highest BCUT2D eigenvalue weighted by atomic mass is 16.5. The summed E-state index contributed by atoms with van der Waals surface area (Å²) in [7, 11) is 2.09. The number of benzene rings is 1. The van der Waals surface area contributed by atoms with Crippen molar-refractivity contribution in [1.29, 1.82) is 0 Å². The number of rotatable bonds is 8. The van der Waals surface area contributed by atoms with Crippen LogP contribution in [0.5, 0.6) is 5.75 Å². The minimum absolute atomic E-state index is 0.140. The Morgan fingerprint density at radius 2 is 2.04 bits per heavy atom. The molecule has 0 unspecified atom stereocenters. The number of nitrogens with one attached hydrogen (secondary N) is 1. The van der Waals surface area contributed by atoms with Gasteiger partial charge < -0.3 is 19.7 Å². The van der Waals surface area contributed by atoms with E-state index in [1.54, 1.807) is 6.07 Å². The summed E-state index contributed by atoms with van der Waals surface area (Å²) in [5.74, 6) is -1.12. The maximum atomic E-state index is 11.8. The van der Waals surface area contributed by atoms with E-state index in [4.69, 9.17) is 9.84 Å². The number of carboxylic acid groups (broad SMARTS) is 1. The van der Waals surface area contributed by atoms with Gasteiger partial charge in [0, 0.05) is 24.2 Å². The maximum Gasteiger partial charge on any atom is 0.311 e. The number of nitrogens with zero attached hydrogens (tertiary/aromatic N) is 1. The van der Waals surface area contributed by atoms with Crippen LogP contribution in [-0.4, -0.2) is 46.6 Å². The summed E-state index contributed by atoms with van der Waals surface area (Å²) in [6, 6.07) is 6.03. The van der Waals surface area contributed by atoms with Crippen molar-refractivity contribution in [2.24, 2.45) is 0 Å². The van der Waals surface area contributed by atoms with Gasteiger partial charge in [-0.1, -0.05) is 12.1 Å². The molecule has 0 saturated heterocycles. The first kappa shape index (κ1) is 18.0. The molecule has 0 atom stereocenters. The molecule has 0 amide bonds. The lowest BCUT2D eigenvalue weighted by molar-refractivity contribution is -0.142. The van der Waals surface area contributed by atoms with E-state index >= 15 is 0 Å². The topological polar surface area (TPSA) is 82.6 Å². The molecule has 1 aromatic carbocycles. The lowest BCUT2D eigenvalue weighted by atomic mass is 10.1. The monoisotopic (exact) mass is 332 g/mol. The molecule has 0 radical (unpaired) electrons. The number of H-pyrrole nitrogens is 1. The lowest BCUT2D eigenvalue weighted by Gasteiger charge is -2.20. The predicted octanol–water partition coefficient (Wildman–Crippen LogP) is 2.82. The van der Waals surface area contributed by atoms with Crippen LogP contribution in [0.1, 0.15) is 32.3 Å². The number of aromatic nitrogens is 1. The fourth-order valence-corrected chi connectivity index (χ4v) is 2.41. The summed E-state index contributed by atoms with van der Waals surface area (Å²) in [4.78, 5) is 27.7. The molecule has 0 fully saturated rings. The van der Waals surface area contributed by atoms with Gasteiger partial charge in [-0.3, -0.25) is 9.59 Å². The minimum Gasteiger partial charge on any atom is -0.481 e.